The average Bonchev–Trinajstić information content (AvgIpc) is 3.17. The highest BCUT2D eigenvalue weighted by molar-refractivity contribution is 5.91. The average molecular weight is 405 g/mol. The Kier molecular flexibility index (Phi) is 4.83. The second-order valence-electron chi connectivity index (χ2n) is 8.68. The zero-order chi connectivity index (χ0) is 20.7. The monoisotopic (exact) mass is 404 g/mol. The van der Waals surface area contributed by atoms with E-state index in [1.54, 1.807) is 9.47 Å². The summed E-state index contributed by atoms with van der Waals surface area (Å²) in [7, 11) is 1.87. The molecular formula is C24H28N4O2. The number of rotatable bonds is 4. The number of likely N-dealkylation sites (N-methyl/N-ethyl adjacent to an activating group) is 1. The third-order valence-electron chi connectivity index (χ3n) is 6.75. The van der Waals surface area contributed by atoms with E-state index >= 15 is 0 Å². The van der Waals surface area contributed by atoms with Crippen molar-refractivity contribution in [1.82, 2.24) is 19.4 Å². The summed E-state index contributed by atoms with van der Waals surface area (Å²) >= 11 is 0. The molecule has 1 aromatic heterocycles. The molecule has 6 heteroatoms. The summed E-state index contributed by atoms with van der Waals surface area (Å²) in [5.41, 5.74) is 2.07. The maximum absolute atomic E-state index is 12.8. The van der Waals surface area contributed by atoms with Crippen LogP contribution in [-0.2, 0) is 5.60 Å². The van der Waals surface area contributed by atoms with Crippen LogP contribution in [0.1, 0.15) is 36.6 Å². The number of piperidine rings is 1. The highest BCUT2D eigenvalue weighted by Crippen LogP contribution is 2.34. The number of imidazole rings is 1. The summed E-state index contributed by atoms with van der Waals surface area (Å²) in [6.45, 7) is 3.40. The zero-order valence-electron chi connectivity index (χ0n) is 17.4. The van der Waals surface area contributed by atoms with Crippen molar-refractivity contribution in [2.45, 2.75) is 30.8 Å². The van der Waals surface area contributed by atoms with Gasteiger partial charge in [0, 0.05) is 32.6 Å². The van der Waals surface area contributed by atoms with Gasteiger partial charge >= 0.3 is 6.03 Å². The minimum Gasteiger partial charge on any atom is -0.385 e. The summed E-state index contributed by atoms with van der Waals surface area (Å²) < 4.78 is 1.79. The number of likely N-dealkylation sites (tertiary alicyclic amines) is 1. The summed E-state index contributed by atoms with van der Waals surface area (Å²) in [6, 6.07) is 17.9. The standard InChI is InChI=1S/C24H28N4O2/c1-26-17-18(22-25-20-9-5-6-10-21(20)28(22)23(26)29)11-14-27-15-12-24(30,13-16-27)19-7-3-2-4-8-19/h2-10,18,30H,11-17H2,1H3. The second-order valence-corrected chi connectivity index (χ2v) is 8.68. The molecule has 0 aliphatic carbocycles. The number of hydrogen-bond acceptors (Lipinski definition) is 4. The van der Waals surface area contributed by atoms with Crippen LogP contribution < -0.4 is 0 Å². The molecule has 1 amide bonds. The van der Waals surface area contributed by atoms with Crippen molar-refractivity contribution in [1.29, 1.82) is 0 Å². The Bertz CT molecular complexity index is 1050. The first-order valence-electron chi connectivity index (χ1n) is 10.8. The molecule has 3 heterocycles. The minimum absolute atomic E-state index is 0.000785. The molecule has 1 atom stereocenters. The topological polar surface area (TPSA) is 61.6 Å². The summed E-state index contributed by atoms with van der Waals surface area (Å²) in [5.74, 6) is 1.10. The number of amides is 1. The molecule has 30 heavy (non-hydrogen) atoms. The van der Waals surface area contributed by atoms with Crippen molar-refractivity contribution in [3.8, 4) is 0 Å². The smallest absolute Gasteiger partial charge is 0.329 e. The first kappa shape index (κ1) is 19.3. The molecular weight excluding hydrogens is 376 g/mol. The van der Waals surface area contributed by atoms with Crippen molar-refractivity contribution >= 4 is 17.1 Å². The largest absolute Gasteiger partial charge is 0.385 e. The van der Waals surface area contributed by atoms with Gasteiger partial charge < -0.3 is 14.9 Å². The van der Waals surface area contributed by atoms with Gasteiger partial charge in [-0.15, -0.1) is 0 Å². The molecule has 2 aliphatic rings. The fourth-order valence-electron chi connectivity index (χ4n) is 4.92. The molecule has 0 bridgehead atoms. The van der Waals surface area contributed by atoms with Gasteiger partial charge in [0.15, 0.2) is 0 Å². The summed E-state index contributed by atoms with van der Waals surface area (Å²) in [4.78, 5) is 21.8. The summed E-state index contributed by atoms with van der Waals surface area (Å²) in [6.07, 6.45) is 2.45. The molecule has 0 saturated carbocycles. The lowest BCUT2D eigenvalue weighted by atomic mass is 9.84. The van der Waals surface area contributed by atoms with Gasteiger partial charge in [0.2, 0.25) is 0 Å². The zero-order valence-corrected chi connectivity index (χ0v) is 17.4. The van der Waals surface area contributed by atoms with Gasteiger partial charge in [-0.25, -0.2) is 14.3 Å². The Labute approximate surface area is 176 Å². The number of nitrogens with zero attached hydrogens (tertiary/aromatic N) is 4. The SMILES string of the molecule is CN1CC(CCN2CCC(O)(c3ccccc3)CC2)c2nc3ccccc3n2C1=O. The number of carbonyl (C=O) groups excluding carboxylic acids is 1. The van der Waals surface area contributed by atoms with E-state index in [1.165, 1.54) is 0 Å². The fraction of sp³-hybridized carbons (Fsp3) is 0.417. The number of carbonyl (C=O) groups is 1. The molecule has 2 aromatic carbocycles. The van der Waals surface area contributed by atoms with E-state index in [1.807, 2.05) is 61.6 Å². The van der Waals surface area contributed by atoms with Gasteiger partial charge in [0.05, 0.1) is 16.6 Å². The number of aliphatic hydroxyl groups is 1. The van der Waals surface area contributed by atoms with E-state index in [2.05, 4.69) is 4.90 Å². The van der Waals surface area contributed by atoms with Crippen LogP contribution >= 0.6 is 0 Å². The van der Waals surface area contributed by atoms with E-state index in [0.29, 0.717) is 6.54 Å². The first-order chi connectivity index (χ1) is 14.5. The van der Waals surface area contributed by atoms with Crippen molar-refractivity contribution in [2.75, 3.05) is 33.2 Å². The first-order valence-corrected chi connectivity index (χ1v) is 10.8. The van der Waals surface area contributed by atoms with Gasteiger partial charge in [0.1, 0.15) is 5.82 Å². The van der Waals surface area contributed by atoms with Crippen LogP contribution in [0.4, 0.5) is 4.79 Å². The second kappa shape index (κ2) is 7.52. The van der Waals surface area contributed by atoms with Crippen molar-refractivity contribution in [3.05, 3.63) is 66.0 Å². The van der Waals surface area contributed by atoms with E-state index in [4.69, 9.17) is 4.98 Å². The quantitative estimate of drug-likeness (QED) is 0.724. The molecule has 156 valence electrons. The minimum atomic E-state index is -0.719. The lowest BCUT2D eigenvalue weighted by molar-refractivity contribution is -0.0265. The fourth-order valence-corrected chi connectivity index (χ4v) is 4.92. The highest BCUT2D eigenvalue weighted by atomic mass is 16.3. The predicted molar refractivity (Wildman–Crippen MR) is 117 cm³/mol. The normalized spacial score (nSPS) is 21.7. The van der Waals surface area contributed by atoms with Crippen LogP contribution in [0, 0.1) is 0 Å². The predicted octanol–water partition coefficient (Wildman–Crippen LogP) is 3.41. The Morgan fingerprint density at radius 1 is 1.07 bits per heavy atom. The lowest BCUT2D eigenvalue weighted by Crippen LogP contribution is -2.45. The van der Waals surface area contributed by atoms with Gasteiger partial charge in [-0.1, -0.05) is 42.5 Å². The maximum Gasteiger partial charge on any atom is 0.329 e. The van der Waals surface area contributed by atoms with Crippen LogP contribution in [0.3, 0.4) is 0 Å². The van der Waals surface area contributed by atoms with E-state index in [-0.39, 0.29) is 11.9 Å². The molecule has 0 radical (unpaired) electrons. The van der Waals surface area contributed by atoms with Crippen LogP contribution in [0.15, 0.2) is 54.6 Å². The van der Waals surface area contributed by atoms with E-state index in [9.17, 15) is 9.90 Å². The van der Waals surface area contributed by atoms with Crippen molar-refractivity contribution in [2.24, 2.45) is 0 Å². The maximum atomic E-state index is 12.8. The van der Waals surface area contributed by atoms with Gasteiger partial charge in [-0.2, -0.15) is 0 Å². The lowest BCUT2D eigenvalue weighted by Gasteiger charge is -2.39. The van der Waals surface area contributed by atoms with E-state index in [0.717, 1.165) is 61.3 Å². The van der Waals surface area contributed by atoms with Crippen molar-refractivity contribution in [3.63, 3.8) is 0 Å². The number of fused-ring (bicyclic) bond motifs is 3. The number of benzene rings is 2. The number of hydrogen-bond donors (Lipinski definition) is 1. The molecule has 1 unspecified atom stereocenters. The highest BCUT2D eigenvalue weighted by Gasteiger charge is 2.35. The van der Waals surface area contributed by atoms with Gasteiger partial charge in [-0.3, -0.25) is 0 Å². The molecule has 0 spiro atoms. The Morgan fingerprint density at radius 2 is 1.77 bits per heavy atom. The van der Waals surface area contributed by atoms with Gasteiger partial charge in [0.25, 0.3) is 0 Å². The molecule has 2 aliphatic heterocycles. The summed E-state index contributed by atoms with van der Waals surface area (Å²) in [5, 5.41) is 11.1. The van der Waals surface area contributed by atoms with Crippen LogP contribution in [0.25, 0.3) is 11.0 Å². The Hall–Kier alpha value is -2.70. The van der Waals surface area contributed by atoms with E-state index < -0.39 is 5.60 Å². The van der Waals surface area contributed by atoms with Gasteiger partial charge in [-0.05, 0) is 43.5 Å². The molecule has 5 rings (SSSR count). The van der Waals surface area contributed by atoms with Crippen LogP contribution in [0.5, 0.6) is 0 Å². The molecule has 6 nitrogen and oxygen atoms in total. The Balaban J connectivity index is 1.28. The molecule has 1 fully saturated rings. The molecule has 1 N–H and O–H groups in total. The van der Waals surface area contributed by atoms with Crippen LogP contribution in [0.2, 0.25) is 0 Å². The number of para-hydroxylation sites is 2. The Morgan fingerprint density at radius 3 is 2.53 bits per heavy atom. The third-order valence-corrected chi connectivity index (χ3v) is 6.75. The third kappa shape index (κ3) is 3.30. The van der Waals surface area contributed by atoms with Crippen LogP contribution in [-0.4, -0.2) is 63.7 Å². The molecule has 3 aromatic rings. The van der Waals surface area contributed by atoms with Crippen molar-refractivity contribution < 1.29 is 9.90 Å². The number of aromatic nitrogens is 2. The molecule has 1 saturated heterocycles.